The van der Waals surface area contributed by atoms with Crippen LogP contribution in [0.1, 0.15) is 49.8 Å². The highest BCUT2D eigenvalue weighted by atomic mass is 15.2. The summed E-state index contributed by atoms with van der Waals surface area (Å²) < 4.78 is 0. The number of nitrogens with zero attached hydrogens (tertiary/aromatic N) is 2. The molecule has 0 aliphatic carbocycles. The second-order valence-corrected chi connectivity index (χ2v) is 7.87. The average Bonchev–Trinajstić information content (AvgIpc) is 2.78. The molecule has 1 saturated heterocycles. The number of piperidine rings is 1. The second kappa shape index (κ2) is 8.17. The standard InChI is InChI=1S/C26H28N2/c1-2-26(20-27,22-14-5-3-6-15-22)25(28-18-9-4-10-19-28)24-17-11-13-21-12-7-8-16-23(21)24/h3,5-8,11-17,25H,2,4,9-10,18-19H2,1H3. The molecule has 28 heavy (non-hydrogen) atoms. The summed E-state index contributed by atoms with van der Waals surface area (Å²) >= 11 is 0. The van der Waals surface area contributed by atoms with Gasteiger partial charge in [-0.05, 0) is 54.3 Å². The molecule has 0 spiro atoms. The van der Waals surface area contributed by atoms with Crippen LogP contribution < -0.4 is 0 Å². The van der Waals surface area contributed by atoms with Crippen molar-refractivity contribution in [1.29, 1.82) is 5.26 Å². The van der Waals surface area contributed by atoms with Crippen molar-refractivity contribution in [2.45, 2.75) is 44.1 Å². The van der Waals surface area contributed by atoms with Gasteiger partial charge >= 0.3 is 0 Å². The highest BCUT2D eigenvalue weighted by Crippen LogP contribution is 2.46. The third-order valence-electron chi connectivity index (χ3n) is 6.39. The molecule has 0 amide bonds. The minimum atomic E-state index is -0.567. The number of nitriles is 1. The number of rotatable bonds is 5. The van der Waals surface area contributed by atoms with Gasteiger partial charge in [0.2, 0.25) is 0 Å². The predicted octanol–water partition coefficient (Wildman–Crippen LogP) is 6.24. The molecule has 3 aromatic rings. The molecule has 0 bridgehead atoms. The van der Waals surface area contributed by atoms with E-state index in [-0.39, 0.29) is 6.04 Å². The van der Waals surface area contributed by atoms with Crippen molar-refractivity contribution in [2.75, 3.05) is 13.1 Å². The van der Waals surface area contributed by atoms with Gasteiger partial charge in [-0.3, -0.25) is 4.90 Å². The van der Waals surface area contributed by atoms with E-state index in [1.165, 1.54) is 35.6 Å². The molecule has 4 rings (SSSR count). The summed E-state index contributed by atoms with van der Waals surface area (Å²) in [4.78, 5) is 2.57. The van der Waals surface area contributed by atoms with Crippen LogP contribution >= 0.6 is 0 Å². The lowest BCUT2D eigenvalue weighted by Crippen LogP contribution is -2.45. The van der Waals surface area contributed by atoms with Crippen LogP contribution in [0.3, 0.4) is 0 Å². The Morgan fingerprint density at radius 3 is 2.29 bits per heavy atom. The topological polar surface area (TPSA) is 27.0 Å². The first-order chi connectivity index (χ1) is 13.8. The van der Waals surface area contributed by atoms with Gasteiger partial charge in [0.25, 0.3) is 0 Å². The zero-order chi connectivity index (χ0) is 19.4. The van der Waals surface area contributed by atoms with Crippen LogP contribution in [0, 0.1) is 11.3 Å². The maximum absolute atomic E-state index is 10.6. The Balaban J connectivity index is 1.96. The molecular weight excluding hydrogens is 340 g/mol. The summed E-state index contributed by atoms with van der Waals surface area (Å²) in [6.07, 6.45) is 4.50. The van der Waals surface area contributed by atoms with E-state index >= 15 is 0 Å². The maximum Gasteiger partial charge on any atom is 0.102 e. The minimum absolute atomic E-state index is 0.0521. The van der Waals surface area contributed by atoms with Gasteiger partial charge in [0, 0.05) is 0 Å². The largest absolute Gasteiger partial charge is 0.294 e. The molecule has 0 saturated carbocycles. The Kier molecular flexibility index (Phi) is 5.46. The van der Waals surface area contributed by atoms with E-state index in [0.717, 1.165) is 25.1 Å². The molecule has 0 radical (unpaired) electrons. The quantitative estimate of drug-likeness (QED) is 0.533. The number of hydrogen-bond donors (Lipinski definition) is 0. The minimum Gasteiger partial charge on any atom is -0.294 e. The second-order valence-electron chi connectivity index (χ2n) is 7.87. The predicted molar refractivity (Wildman–Crippen MR) is 116 cm³/mol. The van der Waals surface area contributed by atoms with Crippen molar-refractivity contribution in [3.05, 3.63) is 83.9 Å². The fourth-order valence-electron chi connectivity index (χ4n) is 4.93. The first-order valence-corrected chi connectivity index (χ1v) is 10.5. The molecule has 142 valence electrons. The summed E-state index contributed by atoms with van der Waals surface area (Å²) in [5.41, 5.74) is 1.85. The Hall–Kier alpha value is -2.63. The van der Waals surface area contributed by atoms with Crippen LogP contribution in [0.5, 0.6) is 0 Å². The van der Waals surface area contributed by atoms with E-state index in [1.807, 2.05) is 6.07 Å². The van der Waals surface area contributed by atoms with Gasteiger partial charge in [-0.25, -0.2) is 0 Å². The van der Waals surface area contributed by atoms with Gasteiger partial charge in [-0.15, -0.1) is 0 Å². The van der Waals surface area contributed by atoms with Gasteiger partial charge in [0.05, 0.1) is 12.1 Å². The van der Waals surface area contributed by atoms with Crippen molar-refractivity contribution >= 4 is 10.8 Å². The molecular formula is C26H28N2. The number of hydrogen-bond acceptors (Lipinski definition) is 2. The summed E-state index contributed by atoms with van der Waals surface area (Å²) in [5, 5.41) is 13.1. The molecule has 2 unspecified atom stereocenters. The monoisotopic (exact) mass is 368 g/mol. The van der Waals surface area contributed by atoms with Gasteiger partial charge in [0.15, 0.2) is 0 Å². The molecule has 2 heteroatoms. The van der Waals surface area contributed by atoms with Gasteiger partial charge in [-0.1, -0.05) is 86.1 Å². The first kappa shape index (κ1) is 18.7. The van der Waals surface area contributed by atoms with E-state index in [2.05, 4.69) is 84.6 Å². The lowest BCUT2D eigenvalue weighted by Gasteiger charge is -2.44. The Morgan fingerprint density at radius 2 is 1.57 bits per heavy atom. The van der Waals surface area contributed by atoms with Crippen LogP contribution in [0.25, 0.3) is 10.8 Å². The van der Waals surface area contributed by atoms with Crippen LogP contribution in [0.2, 0.25) is 0 Å². The smallest absolute Gasteiger partial charge is 0.102 e. The van der Waals surface area contributed by atoms with Crippen molar-refractivity contribution in [2.24, 2.45) is 0 Å². The lowest BCUT2D eigenvalue weighted by molar-refractivity contribution is 0.115. The maximum atomic E-state index is 10.6. The van der Waals surface area contributed by atoms with E-state index in [9.17, 15) is 5.26 Å². The highest BCUT2D eigenvalue weighted by molar-refractivity contribution is 5.86. The Bertz CT molecular complexity index is 961. The Morgan fingerprint density at radius 1 is 0.893 bits per heavy atom. The summed E-state index contributed by atoms with van der Waals surface area (Å²) in [6.45, 7) is 4.28. The molecule has 1 aliphatic rings. The fraction of sp³-hybridized carbons (Fsp3) is 0.346. The summed E-state index contributed by atoms with van der Waals surface area (Å²) in [7, 11) is 0. The zero-order valence-corrected chi connectivity index (χ0v) is 16.6. The van der Waals surface area contributed by atoms with Crippen molar-refractivity contribution < 1.29 is 0 Å². The van der Waals surface area contributed by atoms with Crippen molar-refractivity contribution in [3.63, 3.8) is 0 Å². The van der Waals surface area contributed by atoms with Crippen LogP contribution in [0.15, 0.2) is 72.8 Å². The lowest BCUT2D eigenvalue weighted by atomic mass is 9.69. The van der Waals surface area contributed by atoms with Gasteiger partial charge < -0.3 is 0 Å². The molecule has 0 N–H and O–H groups in total. The third-order valence-corrected chi connectivity index (χ3v) is 6.39. The van der Waals surface area contributed by atoms with Crippen LogP contribution in [-0.2, 0) is 5.41 Å². The van der Waals surface area contributed by atoms with Gasteiger partial charge in [0.1, 0.15) is 5.41 Å². The number of likely N-dealkylation sites (tertiary alicyclic amines) is 1. The zero-order valence-electron chi connectivity index (χ0n) is 16.6. The molecule has 1 fully saturated rings. The van der Waals surface area contributed by atoms with Crippen LogP contribution in [0.4, 0.5) is 0 Å². The Labute approximate surface area is 168 Å². The third kappa shape index (κ3) is 3.21. The summed E-state index contributed by atoms with van der Waals surface area (Å²) in [6, 6.07) is 28.4. The molecule has 0 aromatic heterocycles. The molecule has 1 heterocycles. The molecule has 2 atom stereocenters. The molecule has 3 aromatic carbocycles. The van der Waals surface area contributed by atoms with Crippen molar-refractivity contribution in [1.82, 2.24) is 4.90 Å². The molecule has 1 aliphatic heterocycles. The number of fused-ring (bicyclic) bond motifs is 1. The fourth-order valence-corrected chi connectivity index (χ4v) is 4.93. The van der Waals surface area contributed by atoms with Gasteiger partial charge in [-0.2, -0.15) is 5.26 Å². The normalized spacial score (nSPS) is 18.3. The first-order valence-electron chi connectivity index (χ1n) is 10.5. The number of benzene rings is 3. The summed E-state index contributed by atoms with van der Waals surface area (Å²) in [5.74, 6) is 0. The molecule has 2 nitrogen and oxygen atoms in total. The van der Waals surface area contributed by atoms with E-state index in [0.29, 0.717) is 0 Å². The van der Waals surface area contributed by atoms with E-state index < -0.39 is 5.41 Å². The highest BCUT2D eigenvalue weighted by Gasteiger charge is 2.44. The van der Waals surface area contributed by atoms with Crippen molar-refractivity contribution in [3.8, 4) is 6.07 Å². The van der Waals surface area contributed by atoms with Crippen LogP contribution in [-0.4, -0.2) is 18.0 Å². The SMILES string of the molecule is CCC(C#N)(c1ccccc1)C(c1cccc2ccccc12)N1CCCCC1. The van der Waals surface area contributed by atoms with E-state index in [1.54, 1.807) is 0 Å². The van der Waals surface area contributed by atoms with E-state index in [4.69, 9.17) is 0 Å². The average molecular weight is 369 g/mol.